The van der Waals surface area contributed by atoms with Crippen LogP contribution in [-0.4, -0.2) is 6.54 Å². The number of hydrogen-bond acceptors (Lipinski definition) is 2. The molecule has 0 radical (unpaired) electrons. The molecule has 4 heteroatoms. The first-order chi connectivity index (χ1) is 9.20. The second-order valence-electron chi connectivity index (χ2n) is 4.06. The van der Waals surface area contributed by atoms with Crippen LogP contribution in [0.3, 0.4) is 0 Å². The van der Waals surface area contributed by atoms with Crippen LogP contribution in [0.4, 0.5) is 0 Å². The van der Waals surface area contributed by atoms with E-state index in [9.17, 15) is 0 Å². The smallest absolute Gasteiger partial charge is 0.0462 e. The lowest BCUT2D eigenvalue weighted by Gasteiger charge is -2.11. The largest absolute Gasteiger partial charge is 0.313 e. The van der Waals surface area contributed by atoms with Gasteiger partial charge >= 0.3 is 0 Å². The third-order valence-electron chi connectivity index (χ3n) is 2.65. The molecule has 0 saturated carbocycles. The van der Waals surface area contributed by atoms with Crippen LogP contribution in [0.1, 0.15) is 12.5 Å². The van der Waals surface area contributed by atoms with Gasteiger partial charge in [0.1, 0.15) is 0 Å². The number of benzene rings is 2. The molecule has 19 heavy (non-hydrogen) atoms. The molecule has 0 fully saturated rings. The molecular formula is C15H15Cl2NS. The molecule has 2 rings (SSSR count). The van der Waals surface area contributed by atoms with Gasteiger partial charge in [-0.2, -0.15) is 0 Å². The zero-order valence-electron chi connectivity index (χ0n) is 10.6. The van der Waals surface area contributed by atoms with Gasteiger partial charge in [-0.3, -0.25) is 0 Å². The molecule has 0 unspecified atom stereocenters. The Kier molecular flexibility index (Phi) is 5.59. The van der Waals surface area contributed by atoms with Gasteiger partial charge in [-0.15, -0.1) is 0 Å². The number of halogens is 2. The predicted octanol–water partition coefficient (Wildman–Crippen LogP) is 5.25. The predicted molar refractivity (Wildman–Crippen MR) is 84.4 cm³/mol. The van der Waals surface area contributed by atoms with E-state index in [1.165, 1.54) is 0 Å². The molecule has 0 aromatic heterocycles. The zero-order valence-corrected chi connectivity index (χ0v) is 12.9. The third-order valence-corrected chi connectivity index (χ3v) is 4.33. The van der Waals surface area contributed by atoms with Crippen molar-refractivity contribution in [3.8, 4) is 0 Å². The molecule has 0 aliphatic rings. The Labute approximate surface area is 128 Å². The van der Waals surface area contributed by atoms with E-state index in [0.29, 0.717) is 0 Å². The van der Waals surface area contributed by atoms with E-state index in [2.05, 4.69) is 24.4 Å². The van der Waals surface area contributed by atoms with E-state index >= 15 is 0 Å². The van der Waals surface area contributed by atoms with Gasteiger partial charge in [-0.25, -0.2) is 0 Å². The Hall–Kier alpha value is -0.670. The molecule has 1 N–H and O–H groups in total. The van der Waals surface area contributed by atoms with E-state index in [1.807, 2.05) is 30.3 Å². The molecule has 0 bridgehead atoms. The van der Waals surface area contributed by atoms with Crippen LogP contribution in [0.25, 0.3) is 0 Å². The molecule has 0 amide bonds. The fraction of sp³-hybridized carbons (Fsp3) is 0.200. The first kappa shape index (κ1) is 14.7. The van der Waals surface area contributed by atoms with Gasteiger partial charge in [0.05, 0.1) is 0 Å². The summed E-state index contributed by atoms with van der Waals surface area (Å²) >= 11 is 14.0. The van der Waals surface area contributed by atoms with Crippen LogP contribution in [0, 0.1) is 0 Å². The molecule has 100 valence electrons. The van der Waals surface area contributed by atoms with E-state index in [4.69, 9.17) is 23.2 Å². The first-order valence-electron chi connectivity index (χ1n) is 6.12. The normalized spacial score (nSPS) is 10.7. The molecule has 0 spiro atoms. The summed E-state index contributed by atoms with van der Waals surface area (Å²) in [5.74, 6) is 0. The maximum Gasteiger partial charge on any atom is 0.0462 e. The van der Waals surface area contributed by atoms with Crippen LogP contribution in [0.2, 0.25) is 10.0 Å². The summed E-state index contributed by atoms with van der Waals surface area (Å²) in [5, 5.41) is 4.87. The summed E-state index contributed by atoms with van der Waals surface area (Å²) < 4.78 is 0. The summed E-state index contributed by atoms with van der Waals surface area (Å²) in [6.45, 7) is 3.78. The fourth-order valence-electron chi connectivity index (χ4n) is 1.71. The van der Waals surface area contributed by atoms with Crippen LogP contribution in [0.5, 0.6) is 0 Å². The van der Waals surface area contributed by atoms with Crippen molar-refractivity contribution < 1.29 is 0 Å². The lowest BCUT2D eigenvalue weighted by atomic mass is 10.2. The summed E-state index contributed by atoms with van der Waals surface area (Å²) in [5.41, 5.74) is 1.14. The standard InChI is InChI=1S/C15H15Cl2NS/c1-2-18-10-13-14(17)7-4-8-15(13)19-12-6-3-5-11(16)9-12/h3-9,18H,2,10H2,1H3. The highest BCUT2D eigenvalue weighted by Crippen LogP contribution is 2.34. The number of nitrogens with one attached hydrogen (secondary N) is 1. The van der Waals surface area contributed by atoms with Crippen LogP contribution in [-0.2, 0) is 6.54 Å². The highest BCUT2D eigenvalue weighted by molar-refractivity contribution is 7.99. The Bertz CT molecular complexity index is 558. The zero-order chi connectivity index (χ0) is 13.7. The SMILES string of the molecule is CCNCc1c(Cl)cccc1Sc1cccc(Cl)c1. The lowest BCUT2D eigenvalue weighted by molar-refractivity contribution is 0.718. The Morgan fingerprint density at radius 3 is 2.63 bits per heavy atom. The Morgan fingerprint density at radius 2 is 1.89 bits per heavy atom. The van der Waals surface area contributed by atoms with Crippen molar-refractivity contribution in [1.82, 2.24) is 5.32 Å². The summed E-state index contributed by atoms with van der Waals surface area (Å²) in [6, 6.07) is 13.8. The summed E-state index contributed by atoms with van der Waals surface area (Å²) in [6.07, 6.45) is 0. The Morgan fingerprint density at radius 1 is 1.11 bits per heavy atom. The van der Waals surface area contributed by atoms with E-state index < -0.39 is 0 Å². The van der Waals surface area contributed by atoms with Crippen molar-refractivity contribution in [2.24, 2.45) is 0 Å². The maximum atomic E-state index is 6.28. The van der Waals surface area contributed by atoms with Crippen molar-refractivity contribution in [3.63, 3.8) is 0 Å². The van der Waals surface area contributed by atoms with Gasteiger partial charge in [0.15, 0.2) is 0 Å². The highest BCUT2D eigenvalue weighted by Gasteiger charge is 2.08. The van der Waals surface area contributed by atoms with Crippen molar-refractivity contribution in [1.29, 1.82) is 0 Å². The minimum Gasteiger partial charge on any atom is -0.313 e. The average Bonchev–Trinajstić information content (AvgIpc) is 2.38. The molecule has 2 aromatic carbocycles. The molecular weight excluding hydrogens is 297 g/mol. The minimum absolute atomic E-state index is 0.750. The van der Waals surface area contributed by atoms with Crippen molar-refractivity contribution >= 4 is 35.0 Å². The van der Waals surface area contributed by atoms with Crippen molar-refractivity contribution in [2.75, 3.05) is 6.54 Å². The van der Waals surface area contributed by atoms with E-state index in [0.717, 1.165) is 38.5 Å². The summed E-state index contributed by atoms with van der Waals surface area (Å²) in [4.78, 5) is 2.28. The first-order valence-corrected chi connectivity index (χ1v) is 7.69. The molecule has 0 atom stereocenters. The lowest BCUT2D eigenvalue weighted by Crippen LogP contribution is -2.12. The molecule has 0 aliphatic carbocycles. The van der Waals surface area contributed by atoms with Crippen molar-refractivity contribution in [2.45, 2.75) is 23.3 Å². The van der Waals surface area contributed by atoms with E-state index in [1.54, 1.807) is 11.8 Å². The highest BCUT2D eigenvalue weighted by atomic mass is 35.5. The molecule has 0 saturated heterocycles. The molecule has 2 aromatic rings. The number of hydrogen-bond donors (Lipinski definition) is 1. The maximum absolute atomic E-state index is 6.28. The second kappa shape index (κ2) is 7.20. The summed E-state index contributed by atoms with van der Waals surface area (Å²) in [7, 11) is 0. The van der Waals surface area contributed by atoms with Gasteiger partial charge in [-0.1, -0.05) is 54.0 Å². The Balaban J connectivity index is 2.26. The number of rotatable bonds is 5. The van der Waals surface area contributed by atoms with Crippen LogP contribution in [0.15, 0.2) is 52.3 Å². The molecule has 0 heterocycles. The van der Waals surface area contributed by atoms with Crippen molar-refractivity contribution in [3.05, 3.63) is 58.1 Å². The second-order valence-corrected chi connectivity index (χ2v) is 6.02. The van der Waals surface area contributed by atoms with Gasteiger partial charge < -0.3 is 5.32 Å². The van der Waals surface area contributed by atoms with Gasteiger partial charge in [-0.05, 0) is 42.4 Å². The fourth-order valence-corrected chi connectivity index (χ4v) is 3.30. The quantitative estimate of drug-likeness (QED) is 0.809. The van der Waals surface area contributed by atoms with Crippen LogP contribution >= 0.6 is 35.0 Å². The van der Waals surface area contributed by atoms with Gasteiger partial charge in [0, 0.05) is 26.4 Å². The molecule has 0 aliphatic heterocycles. The topological polar surface area (TPSA) is 12.0 Å². The van der Waals surface area contributed by atoms with E-state index in [-0.39, 0.29) is 0 Å². The van der Waals surface area contributed by atoms with Crippen LogP contribution < -0.4 is 5.32 Å². The average molecular weight is 312 g/mol. The van der Waals surface area contributed by atoms with Gasteiger partial charge in [0.2, 0.25) is 0 Å². The minimum atomic E-state index is 0.750. The van der Waals surface area contributed by atoms with Gasteiger partial charge in [0.25, 0.3) is 0 Å². The monoisotopic (exact) mass is 311 g/mol. The third kappa shape index (κ3) is 4.15. The molecule has 1 nitrogen and oxygen atoms in total.